The maximum atomic E-state index is 11.8. The van der Waals surface area contributed by atoms with E-state index in [9.17, 15) is 19.4 Å². The molecule has 0 aliphatic heterocycles. The van der Waals surface area contributed by atoms with Crippen LogP contribution >= 0.6 is 10.5 Å². The summed E-state index contributed by atoms with van der Waals surface area (Å²) in [6.07, 6.45) is 0. The molecule has 1 aromatic rings. The first kappa shape index (κ1) is 12.3. The quantitative estimate of drug-likeness (QED) is 0.703. The van der Waals surface area contributed by atoms with Gasteiger partial charge in [0.05, 0.1) is 6.61 Å². The lowest BCUT2D eigenvalue weighted by Gasteiger charge is -2.38. The van der Waals surface area contributed by atoms with Crippen molar-refractivity contribution in [3.8, 4) is 0 Å². The molecule has 0 spiro atoms. The van der Waals surface area contributed by atoms with E-state index >= 15 is 0 Å². The van der Waals surface area contributed by atoms with Crippen molar-refractivity contribution < 1.29 is 23.6 Å². The van der Waals surface area contributed by atoms with Crippen LogP contribution in [0.3, 0.4) is 0 Å². The number of hydrogen-bond donors (Lipinski definition) is 0. The van der Waals surface area contributed by atoms with Crippen molar-refractivity contribution in [2.24, 2.45) is 0 Å². The van der Waals surface area contributed by atoms with Crippen LogP contribution in [0.4, 0.5) is 19.4 Å². The number of hydrogen-bond acceptors (Lipinski definition) is 1. The van der Waals surface area contributed by atoms with E-state index in [2.05, 4.69) is 4.18 Å². The smallest absolute Gasteiger partial charge is 0.235 e. The summed E-state index contributed by atoms with van der Waals surface area (Å²) in [4.78, 5) is 0. The highest BCUT2D eigenvalue weighted by Crippen LogP contribution is 2.98. The maximum Gasteiger partial charge on any atom is 0.397 e. The Labute approximate surface area is 83.8 Å². The molecule has 0 aliphatic rings. The first-order chi connectivity index (χ1) is 6.45. The van der Waals surface area contributed by atoms with Gasteiger partial charge >= 0.3 is 10.5 Å². The fourth-order valence-corrected chi connectivity index (χ4v) is 1.22. The average molecular weight is 248 g/mol. The summed E-state index contributed by atoms with van der Waals surface area (Å²) >= 11 is 0. The second-order valence-corrected chi connectivity index (χ2v) is 5.18. The Hall–Kier alpha value is -0.820. The van der Waals surface area contributed by atoms with Gasteiger partial charge in [0, 0.05) is 0 Å². The van der Waals surface area contributed by atoms with E-state index < -0.39 is 17.1 Å². The van der Waals surface area contributed by atoms with Crippen LogP contribution in [-0.2, 0) is 10.8 Å². The summed E-state index contributed by atoms with van der Waals surface area (Å²) in [5.41, 5.74) is 0.875. The van der Waals surface area contributed by atoms with Crippen LogP contribution in [0, 0.1) is 6.92 Å². The lowest BCUT2D eigenvalue weighted by molar-refractivity contribution is 0.147. The molecule has 0 aliphatic carbocycles. The minimum Gasteiger partial charge on any atom is -0.235 e. The van der Waals surface area contributed by atoms with Crippen molar-refractivity contribution in [3.05, 3.63) is 35.4 Å². The normalized spacial score (nSPS) is 16.9. The van der Waals surface area contributed by atoms with Crippen molar-refractivity contribution in [2.45, 2.75) is 13.5 Å². The molecule has 7 heteroatoms. The molecule has 0 unspecified atom stereocenters. The third kappa shape index (κ3) is 5.58. The summed E-state index contributed by atoms with van der Waals surface area (Å²) in [7, 11) is -9.74. The van der Waals surface area contributed by atoms with Gasteiger partial charge < -0.3 is 0 Å². The number of benzene rings is 1. The zero-order chi connectivity index (χ0) is 11.8. The Kier molecular flexibility index (Phi) is 2.33. The zero-order valence-corrected chi connectivity index (χ0v) is 8.54. The highest BCUT2D eigenvalue weighted by atomic mass is 32.5. The van der Waals surface area contributed by atoms with Crippen molar-refractivity contribution in [2.75, 3.05) is 0 Å². The van der Waals surface area contributed by atoms with Crippen molar-refractivity contribution in [3.63, 3.8) is 0 Å². The van der Waals surface area contributed by atoms with Crippen LogP contribution in [0.15, 0.2) is 24.3 Å². The standard InChI is InChI=1S/C8H9F5OS/c1-7-2-4-8(5-3-7)6-14-15(9,10,11,12)13/h2-5H,6H2,1H3. The Morgan fingerprint density at radius 1 is 1.00 bits per heavy atom. The molecular weight excluding hydrogens is 239 g/mol. The summed E-state index contributed by atoms with van der Waals surface area (Å²) < 4.78 is 61.6. The van der Waals surface area contributed by atoms with Crippen molar-refractivity contribution in [1.29, 1.82) is 0 Å². The van der Waals surface area contributed by atoms with Crippen LogP contribution in [0.2, 0.25) is 0 Å². The second-order valence-electron chi connectivity index (χ2n) is 3.15. The van der Waals surface area contributed by atoms with E-state index in [4.69, 9.17) is 0 Å². The third-order valence-electron chi connectivity index (χ3n) is 1.57. The molecular formula is C8H9F5OS. The molecule has 0 atom stereocenters. The van der Waals surface area contributed by atoms with Gasteiger partial charge in [0.15, 0.2) is 0 Å². The molecule has 0 amide bonds. The van der Waals surface area contributed by atoms with E-state index in [0.29, 0.717) is 0 Å². The third-order valence-corrected chi connectivity index (χ3v) is 2.13. The van der Waals surface area contributed by atoms with Crippen molar-refractivity contribution >= 4 is 10.5 Å². The van der Waals surface area contributed by atoms with Gasteiger partial charge in [0.25, 0.3) is 0 Å². The monoisotopic (exact) mass is 248 g/mol. The zero-order valence-electron chi connectivity index (χ0n) is 7.72. The summed E-state index contributed by atoms with van der Waals surface area (Å²) in [6.45, 7) is 0.563. The number of aryl methyl sites for hydroxylation is 1. The topological polar surface area (TPSA) is 9.23 Å². The second kappa shape index (κ2) is 2.85. The summed E-state index contributed by atoms with van der Waals surface area (Å²) in [5, 5.41) is 0. The molecule has 0 fully saturated rings. The fraction of sp³-hybridized carbons (Fsp3) is 0.250. The minimum atomic E-state index is -9.74. The molecule has 1 nitrogen and oxygen atoms in total. The lowest BCUT2D eigenvalue weighted by Crippen LogP contribution is -2.10. The highest BCUT2D eigenvalue weighted by molar-refractivity contribution is 8.42. The first-order valence-corrected chi connectivity index (χ1v) is 5.78. The van der Waals surface area contributed by atoms with Crippen molar-refractivity contribution in [1.82, 2.24) is 0 Å². The SMILES string of the molecule is Cc1ccc(COS(F)(F)(F)(F)F)cc1. The van der Waals surface area contributed by atoms with Gasteiger partial charge in [-0.3, -0.25) is 0 Å². The summed E-state index contributed by atoms with van der Waals surface area (Å²) in [6, 6.07) is 5.64. The predicted molar refractivity (Wildman–Crippen MR) is 49.1 cm³/mol. The molecule has 1 rings (SSSR count). The Balaban J connectivity index is 2.71. The highest BCUT2D eigenvalue weighted by Gasteiger charge is 2.65. The van der Waals surface area contributed by atoms with Crippen LogP contribution < -0.4 is 0 Å². The van der Waals surface area contributed by atoms with Crippen LogP contribution in [0.25, 0.3) is 0 Å². The molecule has 0 saturated heterocycles. The van der Waals surface area contributed by atoms with Gasteiger partial charge in [-0.25, -0.2) is 4.18 Å². The van der Waals surface area contributed by atoms with Gasteiger partial charge in [-0.1, -0.05) is 49.3 Å². The minimum absolute atomic E-state index is 0.0499. The molecule has 1 aromatic carbocycles. The van der Waals surface area contributed by atoms with Gasteiger partial charge in [-0.05, 0) is 12.5 Å². The van der Waals surface area contributed by atoms with E-state index in [1.807, 2.05) is 0 Å². The Morgan fingerprint density at radius 2 is 1.47 bits per heavy atom. The molecule has 0 N–H and O–H groups in total. The maximum absolute atomic E-state index is 11.8. The molecule has 88 valence electrons. The van der Waals surface area contributed by atoms with Crippen LogP contribution in [0.1, 0.15) is 11.1 Å². The van der Waals surface area contributed by atoms with Gasteiger partial charge in [0.1, 0.15) is 0 Å². The largest absolute Gasteiger partial charge is 0.397 e. The number of halogens is 5. The van der Waals surface area contributed by atoms with Gasteiger partial charge in [0.2, 0.25) is 0 Å². The molecule has 0 heterocycles. The number of rotatable bonds is 3. The van der Waals surface area contributed by atoms with E-state index in [1.54, 1.807) is 6.92 Å². The average Bonchev–Trinajstić information content (AvgIpc) is 2.00. The predicted octanol–water partition coefficient (Wildman–Crippen LogP) is 4.73. The van der Waals surface area contributed by atoms with E-state index in [0.717, 1.165) is 5.56 Å². The van der Waals surface area contributed by atoms with Crippen LogP contribution in [0.5, 0.6) is 0 Å². The van der Waals surface area contributed by atoms with Crippen LogP contribution in [-0.4, -0.2) is 0 Å². The molecule has 0 bridgehead atoms. The molecule has 0 saturated carbocycles. The first-order valence-electron chi connectivity index (χ1n) is 3.90. The summed E-state index contributed by atoms with van der Waals surface area (Å²) in [5.74, 6) is 0. The Morgan fingerprint density at radius 3 is 1.87 bits per heavy atom. The lowest BCUT2D eigenvalue weighted by atomic mass is 10.2. The van der Waals surface area contributed by atoms with E-state index in [-0.39, 0.29) is 5.56 Å². The Bertz CT molecular complexity index is 354. The molecule has 15 heavy (non-hydrogen) atoms. The van der Waals surface area contributed by atoms with Gasteiger partial charge in [-0.15, -0.1) is 0 Å². The van der Waals surface area contributed by atoms with Gasteiger partial charge in [-0.2, -0.15) is 0 Å². The molecule has 0 aromatic heterocycles. The fourth-order valence-electron chi connectivity index (χ4n) is 0.864. The molecule has 0 radical (unpaired) electrons. The van der Waals surface area contributed by atoms with E-state index in [1.165, 1.54) is 24.3 Å².